The van der Waals surface area contributed by atoms with Gasteiger partial charge in [0.05, 0.1) is 17.0 Å². The number of fused-ring (bicyclic) bond motifs is 1. The molecule has 1 aromatic carbocycles. The number of benzene rings is 1. The lowest BCUT2D eigenvalue weighted by atomic mass is 9.88. The molecule has 1 N–H and O–H groups in total. The molecule has 32 heavy (non-hydrogen) atoms. The number of carbonyl (C=O) groups excluding carboxylic acids is 1. The van der Waals surface area contributed by atoms with Crippen molar-refractivity contribution < 1.29 is 9.72 Å². The molecule has 0 saturated carbocycles. The molecule has 2 heterocycles. The third kappa shape index (κ3) is 3.89. The topological polar surface area (TPSA) is 114 Å². The molecule has 1 atom stereocenters. The zero-order valence-corrected chi connectivity index (χ0v) is 19.0. The monoisotopic (exact) mass is 449 g/mol. The van der Waals surface area contributed by atoms with Gasteiger partial charge in [-0.25, -0.2) is 0 Å². The molecule has 1 aliphatic carbocycles. The van der Waals surface area contributed by atoms with Crippen molar-refractivity contribution in [3.63, 3.8) is 0 Å². The number of nitriles is 1. The summed E-state index contributed by atoms with van der Waals surface area (Å²) in [6, 6.07) is 9.39. The van der Waals surface area contributed by atoms with Crippen molar-refractivity contribution in [3.8, 4) is 6.07 Å². The van der Waals surface area contributed by atoms with Crippen molar-refractivity contribution in [1.29, 1.82) is 5.26 Å². The minimum absolute atomic E-state index is 0.0102. The van der Waals surface area contributed by atoms with Gasteiger partial charge in [0.1, 0.15) is 22.5 Å². The highest BCUT2D eigenvalue weighted by Crippen LogP contribution is 2.39. The number of carbonyl (C=O) groups is 1. The zero-order valence-electron chi connectivity index (χ0n) is 18.1. The maximum Gasteiger partial charge on any atom is 0.312 e. The molecule has 0 unspecified atom stereocenters. The number of rotatable bonds is 5. The first-order chi connectivity index (χ1) is 15.3. The van der Waals surface area contributed by atoms with Crippen LogP contribution in [0.15, 0.2) is 24.3 Å². The number of aryl methyl sites for hydroxylation is 1. The van der Waals surface area contributed by atoms with Crippen LogP contribution in [0.25, 0.3) is 0 Å². The Balaban J connectivity index is 1.63. The van der Waals surface area contributed by atoms with E-state index in [1.54, 1.807) is 30.7 Å². The Bertz CT molecular complexity index is 1270. The molecule has 164 valence electrons. The number of aromatic nitrogens is 2. The van der Waals surface area contributed by atoms with Crippen molar-refractivity contribution in [3.05, 3.63) is 72.9 Å². The molecule has 0 spiro atoms. The number of hydrogen-bond donors (Lipinski definition) is 1. The summed E-state index contributed by atoms with van der Waals surface area (Å²) in [6.07, 6.45) is 2.83. The Morgan fingerprint density at radius 1 is 1.41 bits per heavy atom. The van der Waals surface area contributed by atoms with Crippen LogP contribution in [0.4, 0.5) is 10.7 Å². The van der Waals surface area contributed by atoms with Gasteiger partial charge in [-0.1, -0.05) is 25.1 Å². The van der Waals surface area contributed by atoms with E-state index in [1.165, 1.54) is 16.2 Å². The van der Waals surface area contributed by atoms with E-state index in [0.717, 1.165) is 24.8 Å². The Morgan fingerprint density at radius 3 is 2.84 bits per heavy atom. The Hall–Kier alpha value is -3.51. The summed E-state index contributed by atoms with van der Waals surface area (Å²) < 4.78 is 1.55. The van der Waals surface area contributed by atoms with Crippen molar-refractivity contribution in [2.24, 2.45) is 5.92 Å². The van der Waals surface area contributed by atoms with Crippen molar-refractivity contribution in [2.75, 3.05) is 5.32 Å². The number of hydrogen-bond acceptors (Lipinski definition) is 6. The fourth-order valence-corrected chi connectivity index (χ4v) is 5.63. The van der Waals surface area contributed by atoms with Crippen LogP contribution in [-0.2, 0) is 19.4 Å². The summed E-state index contributed by atoms with van der Waals surface area (Å²) in [5.74, 6) is 0.265. The van der Waals surface area contributed by atoms with Gasteiger partial charge in [0.25, 0.3) is 5.91 Å². The first kappa shape index (κ1) is 21.7. The molecule has 9 heteroatoms. The summed E-state index contributed by atoms with van der Waals surface area (Å²) in [5.41, 5.74) is 3.54. The average Bonchev–Trinajstić information content (AvgIpc) is 3.23. The standard InChI is InChI=1S/C23H23N5O3S/c1-13-8-9-18-19(11-24)23(32-20(18)10-13)25-22(29)17-7-5-4-6-16(17)12-27-15(3)21(28(30)31)14(2)26-27/h4-7,13H,8-10,12H2,1-3H3,(H,25,29)/t13-/m0/s1. The van der Waals surface area contributed by atoms with E-state index in [4.69, 9.17) is 0 Å². The third-order valence-electron chi connectivity index (χ3n) is 5.96. The molecule has 0 saturated heterocycles. The number of nitro groups is 1. The molecular weight excluding hydrogens is 426 g/mol. The average molecular weight is 450 g/mol. The molecular formula is C23H23N5O3S. The number of nitrogens with zero attached hydrogens (tertiary/aromatic N) is 4. The van der Waals surface area contributed by atoms with Gasteiger partial charge >= 0.3 is 5.69 Å². The second-order valence-electron chi connectivity index (χ2n) is 8.21. The van der Waals surface area contributed by atoms with Crippen molar-refractivity contribution in [1.82, 2.24) is 9.78 Å². The van der Waals surface area contributed by atoms with Crippen LogP contribution in [0, 0.1) is 41.2 Å². The number of anilines is 1. The lowest BCUT2D eigenvalue weighted by Crippen LogP contribution is -2.16. The minimum atomic E-state index is -0.435. The number of nitrogens with one attached hydrogen (secondary N) is 1. The van der Waals surface area contributed by atoms with Gasteiger partial charge < -0.3 is 5.32 Å². The van der Waals surface area contributed by atoms with Crippen molar-refractivity contribution >= 4 is 27.9 Å². The fourth-order valence-electron chi connectivity index (χ4n) is 4.27. The molecule has 4 rings (SSSR count). The van der Waals surface area contributed by atoms with E-state index in [2.05, 4.69) is 23.4 Å². The van der Waals surface area contributed by atoms with Crippen LogP contribution in [-0.4, -0.2) is 20.6 Å². The van der Waals surface area contributed by atoms with Crippen LogP contribution in [0.3, 0.4) is 0 Å². The maximum atomic E-state index is 13.2. The second kappa shape index (κ2) is 8.55. The minimum Gasteiger partial charge on any atom is -0.312 e. The van der Waals surface area contributed by atoms with Crippen LogP contribution < -0.4 is 5.32 Å². The number of amides is 1. The first-order valence-electron chi connectivity index (χ1n) is 10.4. The Labute approximate surface area is 189 Å². The van der Waals surface area contributed by atoms with E-state index in [9.17, 15) is 20.2 Å². The highest BCUT2D eigenvalue weighted by molar-refractivity contribution is 7.16. The normalized spacial score (nSPS) is 15.1. The van der Waals surface area contributed by atoms with E-state index >= 15 is 0 Å². The fraction of sp³-hybridized carbons (Fsp3) is 0.348. The smallest absolute Gasteiger partial charge is 0.312 e. The predicted molar refractivity (Wildman–Crippen MR) is 122 cm³/mol. The zero-order chi connectivity index (χ0) is 23.0. The van der Waals surface area contributed by atoms with Crippen LogP contribution in [0.5, 0.6) is 0 Å². The van der Waals surface area contributed by atoms with Gasteiger partial charge in [0.15, 0.2) is 0 Å². The van der Waals surface area contributed by atoms with E-state index in [1.807, 2.05) is 12.1 Å². The molecule has 0 aliphatic heterocycles. The van der Waals surface area contributed by atoms with Gasteiger partial charge in [-0.15, -0.1) is 11.3 Å². The van der Waals surface area contributed by atoms with Gasteiger partial charge in [-0.2, -0.15) is 10.4 Å². The largest absolute Gasteiger partial charge is 0.312 e. The Kier molecular flexibility index (Phi) is 5.80. The molecule has 8 nitrogen and oxygen atoms in total. The van der Waals surface area contributed by atoms with Gasteiger partial charge in [-0.3, -0.25) is 19.6 Å². The molecule has 2 aromatic heterocycles. The third-order valence-corrected chi connectivity index (χ3v) is 7.13. The SMILES string of the molecule is Cc1nn(Cc2ccccc2C(=O)Nc2sc3c(c2C#N)CC[C@H](C)C3)c(C)c1[N+](=O)[O-]. The number of thiophene rings is 1. The highest BCUT2D eigenvalue weighted by atomic mass is 32.1. The maximum absolute atomic E-state index is 13.2. The predicted octanol–water partition coefficient (Wildman–Crippen LogP) is 4.77. The van der Waals surface area contributed by atoms with Crippen LogP contribution in [0.1, 0.15) is 56.7 Å². The van der Waals surface area contributed by atoms with Gasteiger partial charge in [-0.05, 0) is 56.2 Å². The summed E-state index contributed by atoms with van der Waals surface area (Å²) in [6.45, 7) is 5.68. The van der Waals surface area contributed by atoms with E-state index in [-0.39, 0.29) is 18.1 Å². The van der Waals surface area contributed by atoms with Gasteiger partial charge in [0, 0.05) is 10.4 Å². The molecule has 0 bridgehead atoms. The van der Waals surface area contributed by atoms with E-state index in [0.29, 0.717) is 39.0 Å². The van der Waals surface area contributed by atoms with Crippen LogP contribution in [0.2, 0.25) is 0 Å². The summed E-state index contributed by atoms with van der Waals surface area (Å²) in [7, 11) is 0. The van der Waals surface area contributed by atoms with Crippen LogP contribution >= 0.6 is 11.3 Å². The second-order valence-corrected chi connectivity index (χ2v) is 9.32. The molecule has 3 aromatic rings. The van der Waals surface area contributed by atoms with Crippen molar-refractivity contribution in [2.45, 2.75) is 46.6 Å². The highest BCUT2D eigenvalue weighted by Gasteiger charge is 2.26. The van der Waals surface area contributed by atoms with Gasteiger partial charge in [0.2, 0.25) is 0 Å². The first-order valence-corrected chi connectivity index (χ1v) is 11.2. The quantitative estimate of drug-likeness (QED) is 0.445. The lowest BCUT2D eigenvalue weighted by molar-refractivity contribution is -0.386. The molecule has 0 fully saturated rings. The summed E-state index contributed by atoms with van der Waals surface area (Å²) in [5, 5.41) is 28.8. The molecule has 1 aliphatic rings. The lowest BCUT2D eigenvalue weighted by Gasteiger charge is -2.17. The molecule has 0 radical (unpaired) electrons. The van der Waals surface area contributed by atoms with E-state index < -0.39 is 4.92 Å². The summed E-state index contributed by atoms with van der Waals surface area (Å²) in [4.78, 5) is 25.2. The summed E-state index contributed by atoms with van der Waals surface area (Å²) >= 11 is 1.49. The molecule has 1 amide bonds. The Morgan fingerprint density at radius 2 is 2.16 bits per heavy atom.